The number of aliphatic hydroxyl groups excluding tert-OH is 1. The SMILES string of the molecule is OC(C(F)c1cnc(C#Cc2ccc(F)cc2)cn1)C(F)n1cnnn1. The largest absolute Gasteiger partial charge is 0.385 e. The van der Waals surface area contributed by atoms with E-state index in [1.165, 1.54) is 30.5 Å². The summed E-state index contributed by atoms with van der Waals surface area (Å²) in [6.45, 7) is 0. The Morgan fingerprint density at radius 2 is 1.81 bits per heavy atom. The number of rotatable bonds is 4. The van der Waals surface area contributed by atoms with Gasteiger partial charge in [-0.05, 0) is 40.6 Å². The topological polar surface area (TPSA) is 89.6 Å². The molecule has 2 heterocycles. The van der Waals surface area contributed by atoms with Crippen LogP contribution < -0.4 is 0 Å². The van der Waals surface area contributed by atoms with Gasteiger partial charge in [0.15, 0.2) is 6.17 Å². The molecule has 10 heteroatoms. The lowest BCUT2D eigenvalue weighted by Crippen LogP contribution is -2.26. The standard InChI is InChI=1S/C16H11F3N6O/c17-11-4-1-10(2-5-11)3-6-12-7-21-13(8-20-12)14(18)15(26)16(19)25-9-22-23-24-25/h1-2,4-5,7-9,14-16,26H. The summed E-state index contributed by atoms with van der Waals surface area (Å²) in [5, 5.41) is 19.5. The van der Waals surface area contributed by atoms with Gasteiger partial charge in [0.05, 0.1) is 18.1 Å². The van der Waals surface area contributed by atoms with Crippen LogP contribution >= 0.6 is 0 Å². The first-order valence-electron chi connectivity index (χ1n) is 7.33. The molecule has 3 rings (SSSR count). The molecule has 0 spiro atoms. The fourth-order valence-corrected chi connectivity index (χ4v) is 1.97. The third-order valence-corrected chi connectivity index (χ3v) is 3.33. The van der Waals surface area contributed by atoms with E-state index in [4.69, 9.17) is 0 Å². The molecule has 1 aromatic carbocycles. The number of hydrogen-bond acceptors (Lipinski definition) is 6. The van der Waals surface area contributed by atoms with Gasteiger partial charge >= 0.3 is 0 Å². The van der Waals surface area contributed by atoms with Gasteiger partial charge in [-0.2, -0.15) is 4.68 Å². The molecule has 2 aromatic heterocycles. The molecule has 1 N–H and O–H groups in total. The molecule has 0 saturated heterocycles. The number of nitrogens with zero attached hydrogens (tertiary/aromatic N) is 6. The van der Waals surface area contributed by atoms with Crippen molar-refractivity contribution in [2.24, 2.45) is 0 Å². The molecule has 0 fully saturated rings. The maximum atomic E-state index is 14.2. The second-order valence-corrected chi connectivity index (χ2v) is 5.14. The van der Waals surface area contributed by atoms with Crippen molar-refractivity contribution in [2.75, 3.05) is 0 Å². The summed E-state index contributed by atoms with van der Waals surface area (Å²) in [7, 11) is 0. The van der Waals surface area contributed by atoms with Crippen molar-refractivity contribution in [3.63, 3.8) is 0 Å². The maximum Gasteiger partial charge on any atom is 0.224 e. The lowest BCUT2D eigenvalue weighted by molar-refractivity contribution is -0.0296. The van der Waals surface area contributed by atoms with E-state index in [2.05, 4.69) is 37.3 Å². The maximum absolute atomic E-state index is 14.2. The van der Waals surface area contributed by atoms with Crippen molar-refractivity contribution >= 4 is 0 Å². The van der Waals surface area contributed by atoms with Gasteiger partial charge in [0.2, 0.25) is 6.30 Å². The summed E-state index contributed by atoms with van der Waals surface area (Å²) in [5.74, 6) is 5.06. The number of aliphatic hydroxyl groups is 1. The van der Waals surface area contributed by atoms with Crippen LogP contribution in [-0.4, -0.2) is 41.4 Å². The summed E-state index contributed by atoms with van der Waals surface area (Å²) in [4.78, 5) is 7.71. The van der Waals surface area contributed by atoms with Crippen molar-refractivity contribution < 1.29 is 18.3 Å². The minimum absolute atomic E-state index is 0.233. The summed E-state index contributed by atoms with van der Waals surface area (Å²) in [6.07, 6.45) is -3.23. The molecular formula is C16H11F3N6O. The molecule has 26 heavy (non-hydrogen) atoms. The highest BCUT2D eigenvalue weighted by Crippen LogP contribution is 2.27. The normalized spacial score (nSPS) is 14.2. The van der Waals surface area contributed by atoms with Crippen LogP contribution in [0.2, 0.25) is 0 Å². The van der Waals surface area contributed by atoms with Gasteiger partial charge < -0.3 is 5.11 Å². The summed E-state index contributed by atoms with van der Waals surface area (Å²) < 4.78 is 41.6. The third kappa shape index (κ3) is 4.01. The van der Waals surface area contributed by atoms with Crippen LogP contribution in [0.1, 0.15) is 29.4 Å². The number of hydrogen-bond donors (Lipinski definition) is 1. The van der Waals surface area contributed by atoms with Gasteiger partial charge in [0.25, 0.3) is 0 Å². The van der Waals surface area contributed by atoms with Crippen LogP contribution in [0.25, 0.3) is 0 Å². The average Bonchev–Trinajstić information content (AvgIpc) is 3.21. The second kappa shape index (κ2) is 7.71. The first-order valence-corrected chi connectivity index (χ1v) is 7.33. The third-order valence-electron chi connectivity index (χ3n) is 3.33. The number of halogens is 3. The smallest absolute Gasteiger partial charge is 0.224 e. The van der Waals surface area contributed by atoms with E-state index in [9.17, 15) is 18.3 Å². The molecule has 0 radical (unpaired) electrons. The van der Waals surface area contributed by atoms with Gasteiger partial charge in [-0.1, -0.05) is 5.92 Å². The van der Waals surface area contributed by atoms with E-state index >= 15 is 0 Å². The Kier molecular flexibility index (Phi) is 5.19. The van der Waals surface area contributed by atoms with Crippen molar-refractivity contribution in [1.29, 1.82) is 0 Å². The minimum atomic E-state index is -2.18. The zero-order valence-electron chi connectivity index (χ0n) is 13.0. The average molecular weight is 360 g/mol. The van der Waals surface area contributed by atoms with E-state index in [0.717, 1.165) is 12.5 Å². The quantitative estimate of drug-likeness (QED) is 0.710. The molecule has 3 aromatic rings. The van der Waals surface area contributed by atoms with E-state index in [1.807, 2.05) is 0 Å². The highest BCUT2D eigenvalue weighted by Gasteiger charge is 2.32. The number of alkyl halides is 2. The molecule has 0 aliphatic heterocycles. The number of aromatic nitrogens is 6. The highest BCUT2D eigenvalue weighted by atomic mass is 19.2. The zero-order chi connectivity index (χ0) is 18.5. The summed E-state index contributed by atoms with van der Waals surface area (Å²) >= 11 is 0. The molecule has 0 aliphatic carbocycles. The Labute approximate surface area is 145 Å². The first-order chi connectivity index (χ1) is 12.5. The van der Waals surface area contributed by atoms with Crippen LogP contribution in [0.3, 0.4) is 0 Å². The van der Waals surface area contributed by atoms with Gasteiger partial charge in [-0.15, -0.1) is 5.10 Å². The highest BCUT2D eigenvalue weighted by molar-refractivity contribution is 5.39. The van der Waals surface area contributed by atoms with Gasteiger partial charge in [0, 0.05) is 5.56 Å². The number of benzene rings is 1. The van der Waals surface area contributed by atoms with Crippen LogP contribution in [0, 0.1) is 17.7 Å². The Hall–Kier alpha value is -3.32. The molecule has 0 aliphatic rings. The minimum Gasteiger partial charge on any atom is -0.385 e. The zero-order valence-corrected chi connectivity index (χ0v) is 13.0. The second-order valence-electron chi connectivity index (χ2n) is 5.14. The van der Waals surface area contributed by atoms with E-state index in [0.29, 0.717) is 10.2 Å². The molecule has 0 saturated carbocycles. The van der Waals surface area contributed by atoms with E-state index in [1.54, 1.807) is 0 Å². The van der Waals surface area contributed by atoms with Crippen molar-refractivity contribution in [3.8, 4) is 11.8 Å². The Morgan fingerprint density at radius 1 is 1.04 bits per heavy atom. The fraction of sp³-hybridized carbons (Fsp3) is 0.188. The lowest BCUT2D eigenvalue weighted by atomic mass is 10.1. The van der Waals surface area contributed by atoms with Crippen LogP contribution in [0.5, 0.6) is 0 Å². The predicted molar refractivity (Wildman–Crippen MR) is 82.2 cm³/mol. The van der Waals surface area contributed by atoms with Crippen molar-refractivity contribution in [2.45, 2.75) is 18.6 Å². The Morgan fingerprint density at radius 3 is 2.42 bits per heavy atom. The summed E-state index contributed by atoms with van der Waals surface area (Å²) in [6, 6.07) is 5.54. The molecule has 7 nitrogen and oxygen atoms in total. The Bertz CT molecular complexity index is 906. The molecular weight excluding hydrogens is 349 g/mol. The van der Waals surface area contributed by atoms with Gasteiger partial charge in [-0.3, -0.25) is 4.98 Å². The lowest BCUT2D eigenvalue weighted by Gasteiger charge is -2.18. The molecule has 3 unspecified atom stereocenters. The molecule has 0 amide bonds. The van der Waals surface area contributed by atoms with Crippen molar-refractivity contribution in [3.05, 3.63) is 65.8 Å². The van der Waals surface area contributed by atoms with Crippen LogP contribution in [0.4, 0.5) is 13.2 Å². The predicted octanol–water partition coefficient (Wildman–Crippen LogP) is 1.54. The fourth-order valence-electron chi connectivity index (χ4n) is 1.97. The summed E-state index contributed by atoms with van der Waals surface area (Å²) in [5.41, 5.74) is 0.537. The molecule has 3 atom stereocenters. The monoisotopic (exact) mass is 360 g/mol. The van der Waals surface area contributed by atoms with Crippen molar-refractivity contribution in [1.82, 2.24) is 30.2 Å². The van der Waals surface area contributed by atoms with E-state index in [-0.39, 0.29) is 17.2 Å². The van der Waals surface area contributed by atoms with Gasteiger partial charge in [-0.25, -0.2) is 18.2 Å². The first kappa shape index (κ1) is 17.5. The van der Waals surface area contributed by atoms with Crippen LogP contribution in [0.15, 0.2) is 43.0 Å². The molecule has 132 valence electrons. The van der Waals surface area contributed by atoms with E-state index < -0.39 is 18.6 Å². The van der Waals surface area contributed by atoms with Gasteiger partial charge in [0.1, 0.15) is 23.9 Å². The molecule has 0 bridgehead atoms. The Balaban J connectivity index is 1.70. The number of tetrazole rings is 1. The van der Waals surface area contributed by atoms with Crippen LogP contribution in [-0.2, 0) is 0 Å².